The van der Waals surface area contributed by atoms with Crippen molar-refractivity contribution in [3.05, 3.63) is 54.7 Å². The summed E-state index contributed by atoms with van der Waals surface area (Å²) >= 11 is 0. The van der Waals surface area contributed by atoms with Gasteiger partial charge in [-0.2, -0.15) is 0 Å². The number of hydrogen-bond acceptors (Lipinski definition) is 2. The molecule has 0 saturated carbocycles. The third kappa shape index (κ3) is 2.70. The molecule has 24 heavy (non-hydrogen) atoms. The Hall–Kier alpha value is -2.56. The average Bonchev–Trinajstić information content (AvgIpc) is 3.25. The maximum Gasteiger partial charge on any atom is 0.242 e. The van der Waals surface area contributed by atoms with Crippen molar-refractivity contribution in [2.75, 3.05) is 13.1 Å². The van der Waals surface area contributed by atoms with E-state index < -0.39 is 0 Å². The number of fused-ring (bicyclic) bond motifs is 1. The third-order valence-corrected chi connectivity index (χ3v) is 4.99. The van der Waals surface area contributed by atoms with Gasteiger partial charge in [0, 0.05) is 42.6 Å². The number of rotatable bonds is 3. The van der Waals surface area contributed by atoms with Crippen LogP contribution in [0.2, 0.25) is 0 Å². The standard InChI is InChI=1S/C19H22N4O/c1-15-11-23(18-7-3-2-6-17(15)18)13-19(24)21-9-4-5-16(12-21)22-10-8-20-14-22/h2-3,6-8,10-11,14,16H,4-5,9,12-13H2,1H3. The highest BCUT2D eigenvalue weighted by atomic mass is 16.2. The van der Waals surface area contributed by atoms with Gasteiger partial charge < -0.3 is 14.0 Å². The number of aromatic nitrogens is 3. The number of imidazole rings is 1. The molecule has 1 aliphatic rings. The van der Waals surface area contributed by atoms with Crippen LogP contribution in [0.4, 0.5) is 0 Å². The second kappa shape index (κ2) is 6.15. The molecule has 0 radical (unpaired) electrons. The second-order valence-electron chi connectivity index (χ2n) is 6.60. The van der Waals surface area contributed by atoms with E-state index in [-0.39, 0.29) is 5.91 Å². The van der Waals surface area contributed by atoms with Crippen molar-refractivity contribution in [1.29, 1.82) is 0 Å². The van der Waals surface area contributed by atoms with Crippen molar-refractivity contribution < 1.29 is 4.79 Å². The van der Waals surface area contributed by atoms with E-state index in [0.717, 1.165) is 31.4 Å². The molecule has 1 fully saturated rings. The summed E-state index contributed by atoms with van der Waals surface area (Å²) in [6.07, 6.45) is 9.87. The molecule has 1 saturated heterocycles. The largest absolute Gasteiger partial charge is 0.339 e. The molecule has 5 nitrogen and oxygen atoms in total. The average molecular weight is 322 g/mol. The van der Waals surface area contributed by atoms with Gasteiger partial charge in [-0.3, -0.25) is 4.79 Å². The number of amides is 1. The van der Waals surface area contributed by atoms with Crippen LogP contribution in [0, 0.1) is 6.92 Å². The summed E-state index contributed by atoms with van der Waals surface area (Å²) in [6, 6.07) is 8.61. The molecule has 2 aromatic heterocycles. The van der Waals surface area contributed by atoms with Gasteiger partial charge in [0.2, 0.25) is 5.91 Å². The van der Waals surface area contributed by atoms with Gasteiger partial charge in [-0.25, -0.2) is 4.98 Å². The predicted molar refractivity (Wildman–Crippen MR) is 93.8 cm³/mol. The van der Waals surface area contributed by atoms with Crippen molar-refractivity contribution in [3.8, 4) is 0 Å². The van der Waals surface area contributed by atoms with Gasteiger partial charge >= 0.3 is 0 Å². The van der Waals surface area contributed by atoms with Crippen LogP contribution in [0.25, 0.3) is 10.9 Å². The van der Waals surface area contributed by atoms with Gasteiger partial charge in [0.25, 0.3) is 0 Å². The summed E-state index contributed by atoms with van der Waals surface area (Å²) in [5, 5.41) is 1.22. The van der Waals surface area contributed by atoms with Gasteiger partial charge in [-0.05, 0) is 31.4 Å². The zero-order chi connectivity index (χ0) is 16.5. The molecular weight excluding hydrogens is 300 g/mol. The number of likely N-dealkylation sites (tertiary alicyclic amines) is 1. The molecule has 1 amide bonds. The molecule has 124 valence electrons. The monoisotopic (exact) mass is 322 g/mol. The van der Waals surface area contributed by atoms with Crippen LogP contribution in [0.3, 0.4) is 0 Å². The quantitative estimate of drug-likeness (QED) is 0.744. The van der Waals surface area contributed by atoms with E-state index >= 15 is 0 Å². The van der Waals surface area contributed by atoms with Crippen molar-refractivity contribution in [3.63, 3.8) is 0 Å². The number of hydrogen-bond donors (Lipinski definition) is 0. The first-order valence-electron chi connectivity index (χ1n) is 8.52. The van der Waals surface area contributed by atoms with Gasteiger partial charge in [0.1, 0.15) is 6.54 Å². The van der Waals surface area contributed by atoms with Crippen LogP contribution >= 0.6 is 0 Å². The molecule has 1 atom stereocenters. The Morgan fingerprint density at radius 1 is 1.33 bits per heavy atom. The minimum absolute atomic E-state index is 0.195. The summed E-state index contributed by atoms with van der Waals surface area (Å²) in [6.45, 7) is 4.12. The van der Waals surface area contributed by atoms with E-state index in [1.54, 1.807) is 6.20 Å². The fraction of sp³-hybridized carbons (Fsp3) is 0.368. The molecule has 0 bridgehead atoms. The summed E-state index contributed by atoms with van der Waals surface area (Å²) in [4.78, 5) is 18.9. The highest BCUT2D eigenvalue weighted by Crippen LogP contribution is 2.23. The van der Waals surface area contributed by atoms with E-state index in [2.05, 4.69) is 39.4 Å². The third-order valence-electron chi connectivity index (χ3n) is 4.99. The molecule has 1 unspecified atom stereocenters. The number of piperidine rings is 1. The van der Waals surface area contributed by atoms with Crippen molar-refractivity contribution >= 4 is 16.8 Å². The molecular formula is C19H22N4O. The Labute approximate surface area is 141 Å². The molecule has 4 rings (SSSR count). The summed E-state index contributed by atoms with van der Waals surface area (Å²) in [5.74, 6) is 0.195. The Morgan fingerprint density at radius 2 is 2.21 bits per heavy atom. The lowest BCUT2D eigenvalue weighted by Gasteiger charge is -2.33. The Bertz CT molecular complexity index is 850. The lowest BCUT2D eigenvalue weighted by molar-refractivity contribution is -0.133. The topological polar surface area (TPSA) is 43.1 Å². The van der Waals surface area contributed by atoms with Crippen LogP contribution in [0.5, 0.6) is 0 Å². The first-order chi connectivity index (χ1) is 11.7. The number of benzene rings is 1. The summed E-state index contributed by atoms with van der Waals surface area (Å²) < 4.78 is 4.20. The number of nitrogens with zero attached hydrogens (tertiary/aromatic N) is 4. The zero-order valence-electron chi connectivity index (χ0n) is 13.9. The lowest BCUT2D eigenvalue weighted by atomic mass is 10.1. The van der Waals surface area contributed by atoms with Crippen LogP contribution in [-0.4, -0.2) is 38.0 Å². The van der Waals surface area contributed by atoms with Gasteiger partial charge in [-0.1, -0.05) is 18.2 Å². The smallest absolute Gasteiger partial charge is 0.242 e. The molecule has 3 heterocycles. The zero-order valence-corrected chi connectivity index (χ0v) is 13.9. The normalized spacial score (nSPS) is 18.2. The molecule has 0 spiro atoms. The minimum atomic E-state index is 0.195. The Balaban J connectivity index is 1.51. The molecule has 1 aromatic carbocycles. The summed E-state index contributed by atoms with van der Waals surface area (Å²) in [5.41, 5.74) is 2.35. The Kier molecular flexibility index (Phi) is 3.84. The number of carbonyl (C=O) groups is 1. The van der Waals surface area contributed by atoms with Crippen molar-refractivity contribution in [1.82, 2.24) is 19.0 Å². The van der Waals surface area contributed by atoms with Gasteiger partial charge in [0.15, 0.2) is 0 Å². The lowest BCUT2D eigenvalue weighted by Crippen LogP contribution is -2.42. The highest BCUT2D eigenvalue weighted by Gasteiger charge is 2.24. The van der Waals surface area contributed by atoms with E-state index in [4.69, 9.17) is 0 Å². The summed E-state index contributed by atoms with van der Waals surface area (Å²) in [7, 11) is 0. The van der Waals surface area contributed by atoms with Crippen LogP contribution in [0.1, 0.15) is 24.4 Å². The molecule has 3 aromatic rings. The molecule has 0 N–H and O–H groups in total. The second-order valence-corrected chi connectivity index (χ2v) is 6.60. The fourth-order valence-corrected chi connectivity index (χ4v) is 3.72. The van der Waals surface area contributed by atoms with E-state index in [1.165, 1.54) is 10.9 Å². The minimum Gasteiger partial charge on any atom is -0.339 e. The molecule has 1 aliphatic heterocycles. The number of carbonyl (C=O) groups excluding carboxylic acids is 1. The SMILES string of the molecule is Cc1cn(CC(=O)N2CCCC(n3ccnc3)C2)c2ccccc12. The number of aryl methyl sites for hydroxylation is 1. The van der Waals surface area contributed by atoms with Crippen LogP contribution < -0.4 is 0 Å². The maximum atomic E-state index is 12.8. The van der Waals surface area contributed by atoms with Crippen molar-refractivity contribution in [2.24, 2.45) is 0 Å². The van der Waals surface area contributed by atoms with Crippen LogP contribution in [-0.2, 0) is 11.3 Å². The van der Waals surface area contributed by atoms with E-state index in [0.29, 0.717) is 12.6 Å². The molecule has 5 heteroatoms. The van der Waals surface area contributed by atoms with Crippen molar-refractivity contribution in [2.45, 2.75) is 32.4 Å². The van der Waals surface area contributed by atoms with E-state index in [1.807, 2.05) is 29.6 Å². The molecule has 0 aliphatic carbocycles. The predicted octanol–water partition coefficient (Wildman–Crippen LogP) is 3.01. The highest BCUT2D eigenvalue weighted by molar-refractivity contribution is 5.86. The van der Waals surface area contributed by atoms with Crippen LogP contribution in [0.15, 0.2) is 49.2 Å². The Morgan fingerprint density at radius 3 is 3.04 bits per heavy atom. The van der Waals surface area contributed by atoms with Gasteiger partial charge in [-0.15, -0.1) is 0 Å². The first-order valence-corrected chi connectivity index (χ1v) is 8.52. The number of para-hydroxylation sites is 1. The maximum absolute atomic E-state index is 12.8. The fourth-order valence-electron chi connectivity index (χ4n) is 3.72. The van der Waals surface area contributed by atoms with E-state index in [9.17, 15) is 4.79 Å². The first kappa shape index (κ1) is 15.0. The van der Waals surface area contributed by atoms with Gasteiger partial charge in [0.05, 0.1) is 12.4 Å².